The fraction of sp³-hybridized carbons (Fsp3) is 0.600. The summed E-state index contributed by atoms with van der Waals surface area (Å²) in [6, 6.07) is 6.15. The standard InChI is InChI=1S/C15H21N3S/c1-12(13-7-3-6-10-16-13)17-14-18-15(11-19-14)8-4-2-5-9-15/h3,6-7,10,12H,2,4-5,8-9,11H2,1H3,(H,17,18). The van der Waals surface area contributed by atoms with Crippen LogP contribution in [0.2, 0.25) is 0 Å². The molecular weight excluding hydrogens is 254 g/mol. The van der Waals surface area contributed by atoms with Gasteiger partial charge >= 0.3 is 0 Å². The number of aromatic nitrogens is 1. The fourth-order valence-electron chi connectivity index (χ4n) is 2.94. The second-order valence-corrected chi connectivity index (χ2v) is 6.58. The first kappa shape index (κ1) is 13.0. The first-order chi connectivity index (χ1) is 9.27. The third-order valence-corrected chi connectivity index (χ3v) is 5.27. The van der Waals surface area contributed by atoms with E-state index in [2.05, 4.69) is 17.2 Å². The van der Waals surface area contributed by atoms with Gasteiger partial charge in [0.15, 0.2) is 5.17 Å². The predicted molar refractivity (Wildman–Crippen MR) is 81.5 cm³/mol. The Labute approximate surface area is 119 Å². The Morgan fingerprint density at radius 1 is 1.32 bits per heavy atom. The van der Waals surface area contributed by atoms with Crippen molar-refractivity contribution in [3.05, 3.63) is 30.1 Å². The van der Waals surface area contributed by atoms with Crippen LogP contribution in [-0.4, -0.2) is 21.4 Å². The van der Waals surface area contributed by atoms with Gasteiger partial charge in [0, 0.05) is 17.5 Å². The van der Waals surface area contributed by atoms with Gasteiger partial charge in [-0.25, -0.2) is 0 Å². The Morgan fingerprint density at radius 3 is 2.89 bits per heavy atom. The molecule has 1 spiro atoms. The maximum atomic E-state index is 4.80. The maximum Gasteiger partial charge on any atom is 0.157 e. The van der Waals surface area contributed by atoms with Gasteiger partial charge in [0.25, 0.3) is 0 Å². The molecule has 2 aliphatic rings. The molecule has 1 N–H and O–H groups in total. The van der Waals surface area contributed by atoms with Crippen LogP contribution in [0.3, 0.4) is 0 Å². The Morgan fingerprint density at radius 2 is 2.16 bits per heavy atom. The Kier molecular flexibility index (Phi) is 3.78. The first-order valence-corrected chi connectivity index (χ1v) is 8.16. The van der Waals surface area contributed by atoms with Gasteiger partial charge in [0.2, 0.25) is 0 Å². The van der Waals surface area contributed by atoms with Crippen LogP contribution in [0.1, 0.15) is 50.8 Å². The number of pyridine rings is 1. The van der Waals surface area contributed by atoms with E-state index in [0.717, 1.165) is 10.9 Å². The summed E-state index contributed by atoms with van der Waals surface area (Å²) in [6.45, 7) is 2.11. The topological polar surface area (TPSA) is 37.3 Å². The number of hydrogen-bond donors (Lipinski definition) is 1. The van der Waals surface area contributed by atoms with Gasteiger partial charge < -0.3 is 5.32 Å². The van der Waals surface area contributed by atoms with Crippen molar-refractivity contribution in [3.8, 4) is 0 Å². The van der Waals surface area contributed by atoms with Gasteiger partial charge in [0.05, 0.1) is 11.7 Å². The molecule has 1 aliphatic carbocycles. The van der Waals surface area contributed by atoms with Crippen LogP contribution < -0.4 is 5.32 Å². The number of nitrogens with zero attached hydrogens (tertiary/aromatic N) is 2. The normalized spacial score (nSPS) is 25.4. The molecular formula is C15H21N3S. The second-order valence-electron chi connectivity index (χ2n) is 5.62. The zero-order chi connectivity index (χ0) is 13.1. The summed E-state index contributed by atoms with van der Waals surface area (Å²) in [7, 11) is 0. The largest absolute Gasteiger partial charge is 0.359 e. The van der Waals surface area contributed by atoms with Crippen molar-refractivity contribution >= 4 is 16.9 Å². The summed E-state index contributed by atoms with van der Waals surface area (Å²) in [4.78, 5) is 9.18. The molecule has 4 heteroatoms. The SMILES string of the molecule is CC(N=C1NC2(CCCCC2)CS1)c1ccccn1. The number of thioether (sulfide) groups is 1. The number of aliphatic imine (C=N–C) groups is 1. The minimum atomic E-state index is 0.134. The van der Waals surface area contributed by atoms with Crippen LogP contribution in [0, 0.1) is 0 Å². The lowest BCUT2D eigenvalue weighted by molar-refractivity contribution is 0.303. The van der Waals surface area contributed by atoms with E-state index < -0.39 is 0 Å². The molecule has 1 aromatic heterocycles. The molecule has 1 unspecified atom stereocenters. The average molecular weight is 275 g/mol. The van der Waals surface area contributed by atoms with Crippen molar-refractivity contribution in [2.45, 2.75) is 50.6 Å². The van der Waals surface area contributed by atoms with Crippen molar-refractivity contribution < 1.29 is 0 Å². The minimum absolute atomic E-state index is 0.134. The highest BCUT2D eigenvalue weighted by atomic mass is 32.2. The smallest absolute Gasteiger partial charge is 0.157 e. The van der Waals surface area contributed by atoms with Crippen LogP contribution in [-0.2, 0) is 0 Å². The highest BCUT2D eigenvalue weighted by Gasteiger charge is 2.38. The fourth-order valence-corrected chi connectivity index (χ4v) is 4.23. The van der Waals surface area contributed by atoms with E-state index in [4.69, 9.17) is 4.99 Å². The van der Waals surface area contributed by atoms with Gasteiger partial charge in [-0.1, -0.05) is 37.1 Å². The van der Waals surface area contributed by atoms with Crippen LogP contribution in [0.25, 0.3) is 0 Å². The quantitative estimate of drug-likeness (QED) is 0.897. The van der Waals surface area contributed by atoms with E-state index in [1.807, 2.05) is 36.2 Å². The lowest BCUT2D eigenvalue weighted by Gasteiger charge is -2.32. The van der Waals surface area contributed by atoms with Crippen LogP contribution in [0.4, 0.5) is 0 Å². The number of rotatable bonds is 2. The highest BCUT2D eigenvalue weighted by molar-refractivity contribution is 8.14. The average Bonchev–Trinajstić information content (AvgIpc) is 2.83. The molecule has 3 nitrogen and oxygen atoms in total. The molecule has 1 aromatic rings. The van der Waals surface area contributed by atoms with Crippen LogP contribution in [0.15, 0.2) is 29.4 Å². The maximum absolute atomic E-state index is 4.80. The Balaban J connectivity index is 1.68. The molecule has 102 valence electrons. The number of nitrogens with one attached hydrogen (secondary N) is 1. The van der Waals surface area contributed by atoms with Gasteiger partial charge in [-0.05, 0) is 31.9 Å². The van der Waals surface area contributed by atoms with E-state index in [0.29, 0.717) is 5.54 Å². The van der Waals surface area contributed by atoms with E-state index >= 15 is 0 Å². The first-order valence-electron chi connectivity index (χ1n) is 7.17. The van der Waals surface area contributed by atoms with Gasteiger partial charge in [-0.2, -0.15) is 0 Å². The van der Waals surface area contributed by atoms with Crippen molar-refractivity contribution in [2.24, 2.45) is 4.99 Å². The van der Waals surface area contributed by atoms with Gasteiger partial charge in [-0.3, -0.25) is 9.98 Å². The van der Waals surface area contributed by atoms with Crippen molar-refractivity contribution in [1.29, 1.82) is 0 Å². The molecule has 0 aromatic carbocycles. The summed E-state index contributed by atoms with van der Waals surface area (Å²) in [5.41, 5.74) is 1.38. The molecule has 1 saturated carbocycles. The van der Waals surface area contributed by atoms with E-state index in [1.165, 1.54) is 37.9 Å². The summed E-state index contributed by atoms with van der Waals surface area (Å²) in [6.07, 6.45) is 8.55. The van der Waals surface area contributed by atoms with Crippen molar-refractivity contribution in [2.75, 3.05) is 5.75 Å². The zero-order valence-electron chi connectivity index (χ0n) is 11.4. The molecule has 1 atom stereocenters. The predicted octanol–water partition coefficient (Wildman–Crippen LogP) is 3.54. The van der Waals surface area contributed by atoms with Crippen LogP contribution in [0.5, 0.6) is 0 Å². The molecule has 2 heterocycles. The minimum Gasteiger partial charge on any atom is -0.359 e. The van der Waals surface area contributed by atoms with E-state index in [1.54, 1.807) is 0 Å². The highest BCUT2D eigenvalue weighted by Crippen LogP contribution is 2.36. The number of amidine groups is 1. The molecule has 0 bridgehead atoms. The molecule has 19 heavy (non-hydrogen) atoms. The second kappa shape index (κ2) is 5.53. The lowest BCUT2D eigenvalue weighted by atomic mass is 9.83. The van der Waals surface area contributed by atoms with Crippen molar-refractivity contribution in [3.63, 3.8) is 0 Å². The van der Waals surface area contributed by atoms with Gasteiger partial charge in [0.1, 0.15) is 0 Å². The number of hydrogen-bond acceptors (Lipinski definition) is 3. The Bertz CT molecular complexity index is 452. The third-order valence-electron chi connectivity index (χ3n) is 4.09. The van der Waals surface area contributed by atoms with Gasteiger partial charge in [-0.15, -0.1) is 0 Å². The summed E-state index contributed by atoms with van der Waals surface area (Å²) in [5, 5.41) is 4.80. The monoisotopic (exact) mass is 275 g/mol. The molecule has 0 radical (unpaired) electrons. The third kappa shape index (κ3) is 2.94. The Hall–Kier alpha value is -1.03. The van der Waals surface area contributed by atoms with E-state index in [-0.39, 0.29) is 6.04 Å². The lowest BCUT2D eigenvalue weighted by Crippen LogP contribution is -2.45. The molecule has 1 saturated heterocycles. The summed E-state index contributed by atoms with van der Waals surface area (Å²) >= 11 is 1.88. The molecule has 0 amide bonds. The molecule has 2 fully saturated rings. The summed E-state index contributed by atoms with van der Waals surface area (Å²) in [5.74, 6) is 1.18. The zero-order valence-corrected chi connectivity index (χ0v) is 12.2. The molecule has 3 rings (SSSR count). The molecule has 1 aliphatic heterocycles. The van der Waals surface area contributed by atoms with Crippen molar-refractivity contribution in [1.82, 2.24) is 10.3 Å². The van der Waals surface area contributed by atoms with Crippen LogP contribution >= 0.6 is 11.8 Å². The summed E-state index contributed by atoms with van der Waals surface area (Å²) < 4.78 is 0. The van der Waals surface area contributed by atoms with E-state index in [9.17, 15) is 0 Å².